The monoisotopic (exact) mass is 348 g/mol. The van der Waals surface area contributed by atoms with Gasteiger partial charge in [0.1, 0.15) is 5.76 Å². The first-order valence-electron chi connectivity index (χ1n) is 7.51. The molecule has 134 valence electrons. The predicted octanol–water partition coefficient (Wildman–Crippen LogP) is 1.73. The van der Waals surface area contributed by atoms with Crippen molar-refractivity contribution in [2.45, 2.75) is 19.6 Å². The smallest absolute Gasteiger partial charge is 0.475 e. The van der Waals surface area contributed by atoms with Crippen molar-refractivity contribution in [3.05, 3.63) is 24.2 Å². The largest absolute Gasteiger partial charge is 0.490 e. The Morgan fingerprint density at radius 1 is 1.46 bits per heavy atom. The van der Waals surface area contributed by atoms with Crippen molar-refractivity contribution in [2.75, 3.05) is 19.6 Å². The van der Waals surface area contributed by atoms with Gasteiger partial charge in [0.25, 0.3) is 0 Å². The van der Waals surface area contributed by atoms with Crippen molar-refractivity contribution in [1.29, 1.82) is 0 Å². The van der Waals surface area contributed by atoms with E-state index in [4.69, 9.17) is 14.3 Å². The minimum atomic E-state index is -5.08. The Kier molecular flexibility index (Phi) is 5.53. The Bertz CT molecular complexity index is 574. The fourth-order valence-corrected chi connectivity index (χ4v) is 3.11. The third-order valence-electron chi connectivity index (χ3n) is 4.36. The van der Waals surface area contributed by atoms with Gasteiger partial charge in [-0.25, -0.2) is 4.79 Å². The Labute approximate surface area is 136 Å². The number of hydrogen-bond acceptors (Lipinski definition) is 4. The van der Waals surface area contributed by atoms with Crippen molar-refractivity contribution in [1.82, 2.24) is 10.2 Å². The molecule has 0 spiro atoms. The summed E-state index contributed by atoms with van der Waals surface area (Å²) < 4.78 is 37.1. The maximum Gasteiger partial charge on any atom is 0.490 e. The molecule has 6 nitrogen and oxygen atoms in total. The summed E-state index contributed by atoms with van der Waals surface area (Å²) >= 11 is 0. The highest BCUT2D eigenvalue weighted by atomic mass is 19.4. The molecule has 3 rings (SSSR count). The average molecular weight is 348 g/mol. The highest BCUT2D eigenvalue weighted by Crippen LogP contribution is 2.33. The second-order valence-corrected chi connectivity index (χ2v) is 6.03. The third kappa shape index (κ3) is 4.50. The SMILES string of the molecule is C[C@@H]1C(=O)NC[C@H]2CN(Cc3ccco3)C[C@H]21.O=C(O)C(F)(F)F. The van der Waals surface area contributed by atoms with E-state index in [1.807, 2.05) is 19.1 Å². The van der Waals surface area contributed by atoms with Gasteiger partial charge in [0.15, 0.2) is 0 Å². The molecule has 2 fully saturated rings. The number of aliphatic carboxylic acids is 1. The number of carboxylic acid groups (broad SMARTS) is 1. The quantitative estimate of drug-likeness (QED) is 0.850. The summed E-state index contributed by atoms with van der Waals surface area (Å²) in [6.07, 6.45) is -3.37. The topological polar surface area (TPSA) is 82.8 Å². The molecule has 2 aliphatic heterocycles. The maximum atomic E-state index is 11.6. The van der Waals surface area contributed by atoms with E-state index in [9.17, 15) is 18.0 Å². The fourth-order valence-electron chi connectivity index (χ4n) is 3.11. The zero-order valence-electron chi connectivity index (χ0n) is 13.0. The molecule has 2 aliphatic rings. The minimum Gasteiger partial charge on any atom is -0.475 e. The highest BCUT2D eigenvalue weighted by molar-refractivity contribution is 5.79. The first-order valence-corrected chi connectivity index (χ1v) is 7.51. The lowest BCUT2D eigenvalue weighted by Crippen LogP contribution is -2.46. The van der Waals surface area contributed by atoms with E-state index in [0.717, 1.165) is 31.9 Å². The minimum absolute atomic E-state index is 0.148. The molecule has 1 aromatic heterocycles. The van der Waals surface area contributed by atoms with Gasteiger partial charge in [-0.1, -0.05) is 6.92 Å². The molecule has 0 saturated carbocycles. The number of amides is 1. The van der Waals surface area contributed by atoms with E-state index < -0.39 is 12.1 Å². The normalized spacial score (nSPS) is 27.0. The molecule has 3 atom stereocenters. The number of nitrogens with one attached hydrogen (secondary N) is 1. The van der Waals surface area contributed by atoms with E-state index in [1.165, 1.54) is 0 Å². The van der Waals surface area contributed by atoms with Crippen molar-refractivity contribution in [2.24, 2.45) is 17.8 Å². The zero-order chi connectivity index (χ0) is 17.9. The molecule has 1 amide bonds. The molecule has 1 aromatic rings. The van der Waals surface area contributed by atoms with Crippen LogP contribution in [0.2, 0.25) is 0 Å². The number of carboxylic acids is 1. The third-order valence-corrected chi connectivity index (χ3v) is 4.36. The van der Waals surface area contributed by atoms with Crippen LogP contribution in [-0.4, -0.2) is 47.7 Å². The Hall–Kier alpha value is -2.03. The number of furan rings is 1. The number of likely N-dealkylation sites (tertiary alicyclic amines) is 1. The summed E-state index contributed by atoms with van der Waals surface area (Å²) in [7, 11) is 0. The number of hydrogen-bond donors (Lipinski definition) is 2. The second-order valence-electron chi connectivity index (χ2n) is 6.03. The van der Waals surface area contributed by atoms with Crippen LogP contribution in [0.5, 0.6) is 0 Å². The summed E-state index contributed by atoms with van der Waals surface area (Å²) in [4.78, 5) is 22.9. The lowest BCUT2D eigenvalue weighted by molar-refractivity contribution is -0.192. The Balaban J connectivity index is 0.000000256. The fraction of sp³-hybridized carbons (Fsp3) is 0.600. The van der Waals surface area contributed by atoms with Crippen molar-refractivity contribution >= 4 is 11.9 Å². The lowest BCUT2D eigenvalue weighted by Gasteiger charge is -2.30. The number of carbonyl (C=O) groups excluding carboxylic acids is 1. The van der Waals surface area contributed by atoms with E-state index in [2.05, 4.69) is 10.2 Å². The van der Waals surface area contributed by atoms with Gasteiger partial charge < -0.3 is 14.8 Å². The summed E-state index contributed by atoms with van der Waals surface area (Å²) in [6.45, 7) is 5.82. The Morgan fingerprint density at radius 2 is 2.12 bits per heavy atom. The number of fused-ring (bicyclic) bond motifs is 1. The predicted molar refractivity (Wildman–Crippen MR) is 76.8 cm³/mol. The number of halogens is 3. The number of alkyl halides is 3. The van der Waals surface area contributed by atoms with Crippen LogP contribution in [0.15, 0.2) is 22.8 Å². The summed E-state index contributed by atoms with van der Waals surface area (Å²) in [6, 6.07) is 3.93. The van der Waals surface area contributed by atoms with Crippen LogP contribution in [0.3, 0.4) is 0 Å². The van der Waals surface area contributed by atoms with E-state index in [1.54, 1.807) is 6.26 Å². The van der Waals surface area contributed by atoms with Gasteiger partial charge in [0.2, 0.25) is 5.91 Å². The average Bonchev–Trinajstić information content (AvgIpc) is 3.13. The van der Waals surface area contributed by atoms with Crippen LogP contribution in [0.4, 0.5) is 13.2 Å². The molecule has 9 heteroatoms. The van der Waals surface area contributed by atoms with Crippen LogP contribution in [0.1, 0.15) is 12.7 Å². The Morgan fingerprint density at radius 3 is 2.67 bits per heavy atom. The molecule has 3 heterocycles. The van der Waals surface area contributed by atoms with Crippen LogP contribution in [0.25, 0.3) is 0 Å². The van der Waals surface area contributed by atoms with Gasteiger partial charge >= 0.3 is 12.1 Å². The number of piperidine rings is 1. The summed E-state index contributed by atoms with van der Waals surface area (Å²) in [5, 5.41) is 10.1. The maximum absolute atomic E-state index is 11.6. The van der Waals surface area contributed by atoms with Crippen molar-refractivity contribution in [3.63, 3.8) is 0 Å². The van der Waals surface area contributed by atoms with Crippen LogP contribution in [0, 0.1) is 17.8 Å². The molecule has 0 radical (unpaired) electrons. The highest BCUT2D eigenvalue weighted by Gasteiger charge is 2.42. The van der Waals surface area contributed by atoms with Crippen LogP contribution in [-0.2, 0) is 16.1 Å². The van der Waals surface area contributed by atoms with Gasteiger partial charge in [-0.15, -0.1) is 0 Å². The number of rotatable bonds is 2. The van der Waals surface area contributed by atoms with E-state index in [0.29, 0.717) is 11.8 Å². The summed E-state index contributed by atoms with van der Waals surface area (Å²) in [5.41, 5.74) is 0. The molecule has 0 aromatic carbocycles. The van der Waals surface area contributed by atoms with Crippen LogP contribution >= 0.6 is 0 Å². The molecule has 2 N–H and O–H groups in total. The van der Waals surface area contributed by atoms with E-state index in [-0.39, 0.29) is 11.8 Å². The molecule has 0 bridgehead atoms. The lowest BCUT2D eigenvalue weighted by atomic mass is 9.81. The zero-order valence-corrected chi connectivity index (χ0v) is 13.0. The van der Waals surface area contributed by atoms with Gasteiger partial charge in [-0.05, 0) is 24.0 Å². The van der Waals surface area contributed by atoms with Gasteiger partial charge in [0, 0.05) is 25.6 Å². The molecular weight excluding hydrogens is 329 g/mol. The molecule has 24 heavy (non-hydrogen) atoms. The number of nitrogens with zero attached hydrogens (tertiary/aromatic N) is 1. The standard InChI is InChI=1S/C13H18N2O2.C2HF3O2/c1-9-12-8-15(7-11-3-2-4-17-11)6-10(12)5-14-13(9)16;3-2(4,5)1(6)7/h2-4,9-10,12H,5-8H2,1H3,(H,14,16);(H,6,7)/t9-,10-,12-;/m0./s1. The second kappa shape index (κ2) is 7.25. The van der Waals surface area contributed by atoms with Gasteiger partial charge in [-0.2, -0.15) is 13.2 Å². The van der Waals surface area contributed by atoms with Gasteiger partial charge in [0.05, 0.1) is 12.8 Å². The number of carbonyl (C=O) groups is 2. The summed E-state index contributed by atoms with van der Waals surface area (Å²) in [5.74, 6) is -0.263. The molecular formula is C15H19F3N2O4. The molecule has 0 aliphatic carbocycles. The van der Waals surface area contributed by atoms with Crippen LogP contribution < -0.4 is 5.32 Å². The molecule has 0 unspecified atom stereocenters. The van der Waals surface area contributed by atoms with Crippen molar-refractivity contribution < 1.29 is 32.3 Å². The van der Waals surface area contributed by atoms with Crippen molar-refractivity contribution in [3.8, 4) is 0 Å². The molecule has 2 saturated heterocycles. The first-order chi connectivity index (χ1) is 11.2. The van der Waals surface area contributed by atoms with Gasteiger partial charge in [-0.3, -0.25) is 9.69 Å². The van der Waals surface area contributed by atoms with E-state index >= 15 is 0 Å². The first kappa shape index (κ1) is 18.3.